The highest BCUT2D eigenvalue weighted by atomic mass is 35.5. The first-order valence-electron chi connectivity index (χ1n) is 10.8. The molecule has 2 fully saturated rings. The number of nitrogens with zero attached hydrogens (tertiary/aromatic N) is 1. The maximum Gasteiger partial charge on any atom is 0.0598 e. The van der Waals surface area contributed by atoms with E-state index in [4.69, 9.17) is 23.2 Å². The number of rotatable bonds is 5. The Morgan fingerprint density at radius 2 is 1.48 bits per heavy atom. The van der Waals surface area contributed by atoms with E-state index in [-0.39, 0.29) is 30.9 Å². The fourth-order valence-corrected chi connectivity index (χ4v) is 5.10. The highest BCUT2D eigenvalue weighted by Gasteiger charge is 2.29. The van der Waals surface area contributed by atoms with Crippen molar-refractivity contribution in [2.24, 2.45) is 5.92 Å². The van der Waals surface area contributed by atoms with Gasteiger partial charge in [-0.3, -0.25) is 0 Å². The maximum absolute atomic E-state index is 9.97. The van der Waals surface area contributed by atoms with Gasteiger partial charge in [0.25, 0.3) is 0 Å². The molecular formula is C24H32Cl4N2O. The molecule has 1 heterocycles. The Morgan fingerprint density at radius 1 is 0.871 bits per heavy atom. The lowest BCUT2D eigenvalue weighted by Gasteiger charge is -2.37. The molecule has 4 rings (SSSR count). The third kappa shape index (κ3) is 6.98. The smallest absolute Gasteiger partial charge is 0.0598 e. The summed E-state index contributed by atoms with van der Waals surface area (Å²) in [6.45, 7) is 5.49. The molecule has 1 atom stereocenters. The quantitative estimate of drug-likeness (QED) is 0.519. The van der Waals surface area contributed by atoms with Gasteiger partial charge in [-0.25, -0.2) is 0 Å². The van der Waals surface area contributed by atoms with Crippen LogP contribution >= 0.6 is 48.0 Å². The summed E-state index contributed by atoms with van der Waals surface area (Å²) in [5.41, 5.74) is 3.66. The molecule has 1 unspecified atom stereocenters. The van der Waals surface area contributed by atoms with Gasteiger partial charge in [-0.15, -0.1) is 24.8 Å². The van der Waals surface area contributed by atoms with Crippen molar-refractivity contribution in [2.45, 2.75) is 37.7 Å². The second-order valence-corrected chi connectivity index (χ2v) is 9.29. The van der Waals surface area contributed by atoms with E-state index in [0.29, 0.717) is 21.9 Å². The topological polar surface area (TPSA) is 35.5 Å². The van der Waals surface area contributed by atoms with Gasteiger partial charge in [0.05, 0.1) is 16.1 Å². The summed E-state index contributed by atoms with van der Waals surface area (Å²) < 4.78 is 0. The van der Waals surface area contributed by atoms with E-state index < -0.39 is 0 Å². The van der Waals surface area contributed by atoms with E-state index in [2.05, 4.69) is 34.5 Å². The first-order chi connectivity index (χ1) is 14.1. The van der Waals surface area contributed by atoms with Crippen molar-refractivity contribution in [1.82, 2.24) is 10.2 Å². The molecule has 1 saturated heterocycles. The molecule has 3 nitrogen and oxygen atoms in total. The summed E-state index contributed by atoms with van der Waals surface area (Å²) in [5, 5.41) is 14.6. The SMILES string of the molecule is Cl.Cl.OC1CCC(C(CN2CCNCC2)c2ccc(-c3ccc(Cl)c(Cl)c3)cc2)CC1. The number of hydrogen-bond acceptors (Lipinski definition) is 3. The number of aliphatic hydroxyl groups excluding tert-OH is 1. The Morgan fingerprint density at radius 3 is 2.10 bits per heavy atom. The molecule has 0 amide bonds. The number of halogens is 4. The summed E-state index contributed by atoms with van der Waals surface area (Å²) in [6, 6.07) is 14.8. The average molecular weight is 506 g/mol. The molecule has 2 N–H and O–H groups in total. The van der Waals surface area contributed by atoms with Crippen molar-refractivity contribution in [3.63, 3.8) is 0 Å². The number of aliphatic hydroxyl groups is 1. The van der Waals surface area contributed by atoms with Crippen molar-refractivity contribution in [1.29, 1.82) is 0 Å². The fraction of sp³-hybridized carbons (Fsp3) is 0.500. The minimum atomic E-state index is -0.108. The van der Waals surface area contributed by atoms with Crippen LogP contribution in [-0.2, 0) is 0 Å². The standard InChI is InChI=1S/C24H30Cl2N2O.2ClH/c25-23-10-7-20(15-24(23)26)17-1-3-18(4-2-17)22(16-28-13-11-27-12-14-28)19-5-8-21(29)9-6-19;;/h1-4,7,10,15,19,21-22,27,29H,5-6,8-9,11-14,16H2;2*1H. The summed E-state index contributed by atoms with van der Waals surface area (Å²) in [4.78, 5) is 2.60. The van der Waals surface area contributed by atoms with Crippen molar-refractivity contribution in [2.75, 3.05) is 32.7 Å². The van der Waals surface area contributed by atoms with E-state index >= 15 is 0 Å². The number of benzene rings is 2. The number of hydrogen-bond donors (Lipinski definition) is 2. The molecule has 1 aliphatic heterocycles. The number of piperazine rings is 1. The molecule has 2 aromatic carbocycles. The van der Waals surface area contributed by atoms with E-state index in [0.717, 1.165) is 69.5 Å². The van der Waals surface area contributed by atoms with Crippen molar-refractivity contribution >= 4 is 48.0 Å². The third-order valence-electron chi connectivity index (χ3n) is 6.57. The zero-order chi connectivity index (χ0) is 20.2. The van der Waals surface area contributed by atoms with Crippen LogP contribution in [-0.4, -0.2) is 48.8 Å². The molecule has 172 valence electrons. The van der Waals surface area contributed by atoms with Crippen molar-refractivity contribution in [3.05, 3.63) is 58.1 Å². The van der Waals surface area contributed by atoms with Crippen LogP contribution < -0.4 is 5.32 Å². The van der Waals surface area contributed by atoms with Gasteiger partial charge < -0.3 is 15.3 Å². The van der Waals surface area contributed by atoms with E-state index in [1.807, 2.05) is 18.2 Å². The molecule has 2 aliphatic rings. The van der Waals surface area contributed by atoms with Crippen molar-refractivity contribution in [3.8, 4) is 11.1 Å². The van der Waals surface area contributed by atoms with Crippen LogP contribution in [0.25, 0.3) is 11.1 Å². The first-order valence-corrected chi connectivity index (χ1v) is 11.5. The molecule has 0 aromatic heterocycles. The third-order valence-corrected chi connectivity index (χ3v) is 7.31. The molecule has 1 aliphatic carbocycles. The van der Waals surface area contributed by atoms with E-state index in [9.17, 15) is 5.11 Å². The first kappa shape index (κ1) is 26.7. The average Bonchev–Trinajstić information content (AvgIpc) is 2.76. The highest BCUT2D eigenvalue weighted by molar-refractivity contribution is 6.42. The summed E-state index contributed by atoms with van der Waals surface area (Å²) in [7, 11) is 0. The minimum Gasteiger partial charge on any atom is -0.393 e. The zero-order valence-electron chi connectivity index (χ0n) is 17.6. The van der Waals surface area contributed by atoms with Gasteiger partial charge in [0.1, 0.15) is 0 Å². The van der Waals surface area contributed by atoms with E-state index in [1.165, 1.54) is 5.56 Å². The Hall–Kier alpha value is -0.520. The van der Waals surface area contributed by atoms with Crippen LogP contribution in [0.1, 0.15) is 37.2 Å². The Kier molecular flexibility index (Phi) is 10.9. The van der Waals surface area contributed by atoms with Gasteiger partial charge in [0.2, 0.25) is 0 Å². The van der Waals surface area contributed by atoms with Crippen LogP contribution in [0, 0.1) is 5.92 Å². The monoisotopic (exact) mass is 504 g/mol. The lowest BCUT2D eigenvalue weighted by atomic mass is 9.75. The van der Waals surface area contributed by atoms with Gasteiger partial charge in [0.15, 0.2) is 0 Å². The molecule has 2 aromatic rings. The minimum absolute atomic E-state index is 0. The predicted octanol–water partition coefficient (Wildman–Crippen LogP) is 6.04. The number of nitrogens with one attached hydrogen (secondary N) is 1. The second kappa shape index (κ2) is 12.6. The molecular weight excluding hydrogens is 474 g/mol. The lowest BCUT2D eigenvalue weighted by Crippen LogP contribution is -2.46. The molecule has 0 radical (unpaired) electrons. The van der Waals surface area contributed by atoms with Gasteiger partial charge in [0, 0.05) is 32.7 Å². The lowest BCUT2D eigenvalue weighted by molar-refractivity contribution is 0.0932. The fourth-order valence-electron chi connectivity index (χ4n) is 4.80. The van der Waals surface area contributed by atoms with Gasteiger partial charge in [-0.2, -0.15) is 0 Å². The molecule has 7 heteroatoms. The van der Waals surface area contributed by atoms with Gasteiger partial charge in [-0.05, 0) is 66.3 Å². The van der Waals surface area contributed by atoms with Crippen LogP contribution in [0.4, 0.5) is 0 Å². The highest BCUT2D eigenvalue weighted by Crippen LogP contribution is 2.38. The summed E-state index contributed by atoms with van der Waals surface area (Å²) >= 11 is 12.3. The maximum atomic E-state index is 9.97. The predicted molar refractivity (Wildman–Crippen MR) is 136 cm³/mol. The van der Waals surface area contributed by atoms with Crippen LogP contribution in [0.2, 0.25) is 10.0 Å². The largest absolute Gasteiger partial charge is 0.393 e. The summed E-state index contributed by atoms with van der Waals surface area (Å²) in [5.74, 6) is 1.16. The van der Waals surface area contributed by atoms with Crippen molar-refractivity contribution < 1.29 is 5.11 Å². The summed E-state index contributed by atoms with van der Waals surface area (Å²) in [6.07, 6.45) is 4.00. The van der Waals surface area contributed by atoms with E-state index in [1.54, 1.807) is 0 Å². The van der Waals surface area contributed by atoms with Crippen LogP contribution in [0.5, 0.6) is 0 Å². The molecule has 0 spiro atoms. The van der Waals surface area contributed by atoms with Gasteiger partial charge in [-0.1, -0.05) is 53.5 Å². The van der Waals surface area contributed by atoms with Crippen LogP contribution in [0.15, 0.2) is 42.5 Å². The zero-order valence-corrected chi connectivity index (χ0v) is 20.7. The molecule has 1 saturated carbocycles. The second-order valence-electron chi connectivity index (χ2n) is 8.48. The van der Waals surface area contributed by atoms with Gasteiger partial charge >= 0.3 is 0 Å². The molecule has 31 heavy (non-hydrogen) atoms. The Labute approximate surface area is 208 Å². The Balaban J connectivity index is 0.00000171. The Bertz CT molecular complexity index is 804. The van der Waals surface area contributed by atoms with Crippen LogP contribution in [0.3, 0.4) is 0 Å². The molecule has 0 bridgehead atoms. The normalized spacial score (nSPS) is 22.8.